The number of rotatable bonds is 3. The number of ketones is 1. The number of hydrogen-bond acceptors (Lipinski definition) is 3. The van der Waals surface area contributed by atoms with Gasteiger partial charge in [0.2, 0.25) is 0 Å². The largest absolute Gasteiger partial charge is 0.369 e. The van der Waals surface area contributed by atoms with Crippen molar-refractivity contribution in [3.63, 3.8) is 0 Å². The summed E-state index contributed by atoms with van der Waals surface area (Å²) in [5.41, 5.74) is 5.03. The van der Waals surface area contributed by atoms with Crippen molar-refractivity contribution >= 4 is 35.0 Å². The molecule has 0 radical (unpaired) electrons. The van der Waals surface area contributed by atoms with E-state index in [9.17, 15) is 4.79 Å². The Morgan fingerprint density at radius 3 is 2.54 bits per heavy atom. The summed E-state index contributed by atoms with van der Waals surface area (Å²) in [4.78, 5) is 18.2. The van der Waals surface area contributed by atoms with Gasteiger partial charge < -0.3 is 4.90 Å². The quantitative estimate of drug-likeness (QED) is 0.490. The highest BCUT2D eigenvalue weighted by Gasteiger charge is 2.34. The Balaban J connectivity index is 1.92. The third-order valence-corrected chi connectivity index (χ3v) is 5.71. The molecule has 0 saturated heterocycles. The Bertz CT molecular complexity index is 868. The Morgan fingerprint density at radius 1 is 1.27 bits per heavy atom. The molecule has 1 heterocycles. The van der Waals surface area contributed by atoms with Crippen LogP contribution in [0.25, 0.3) is 0 Å². The molecule has 0 fully saturated rings. The van der Waals surface area contributed by atoms with Gasteiger partial charge in [-0.3, -0.25) is 9.79 Å². The maximum absolute atomic E-state index is 11.4. The number of Topliss-reactive ketones (excluding diaryl/α,β-unsaturated/α-hetero) is 1. The lowest BCUT2D eigenvalue weighted by Gasteiger charge is -2.45. The average Bonchev–Trinajstić information content (AvgIpc) is 2.58. The lowest BCUT2D eigenvalue weighted by atomic mass is 9.80. The van der Waals surface area contributed by atoms with Gasteiger partial charge in [0.15, 0.2) is 5.78 Å². The van der Waals surface area contributed by atoms with Gasteiger partial charge in [-0.15, -0.1) is 0 Å². The van der Waals surface area contributed by atoms with Crippen LogP contribution in [0.3, 0.4) is 0 Å². The molecule has 3 rings (SSSR count). The number of aliphatic imine (C=N–C) groups is 1. The van der Waals surface area contributed by atoms with Crippen molar-refractivity contribution < 1.29 is 4.79 Å². The molecule has 136 valence electrons. The van der Waals surface area contributed by atoms with E-state index in [-0.39, 0.29) is 11.3 Å². The fourth-order valence-corrected chi connectivity index (χ4v) is 3.84. The number of nitrogens with zero attached hydrogens (tertiary/aromatic N) is 2. The number of benzene rings is 2. The minimum absolute atomic E-state index is 0.0549. The number of carbonyl (C=O) groups excluding carboxylic acids is 1. The maximum Gasteiger partial charge on any atom is 0.159 e. The second-order valence-corrected chi connectivity index (χ2v) is 8.18. The van der Waals surface area contributed by atoms with Crippen LogP contribution in [0.1, 0.15) is 61.5 Å². The molecule has 1 aliphatic rings. The molecule has 1 atom stereocenters. The SMILES string of the molecule is CC(=O)c1ccc(N=Cc2cc3c(cc2Cl)N(C)C(C)(C)CC3C)cc1. The summed E-state index contributed by atoms with van der Waals surface area (Å²) in [5, 5.41) is 0.699. The highest BCUT2D eigenvalue weighted by atomic mass is 35.5. The summed E-state index contributed by atoms with van der Waals surface area (Å²) in [7, 11) is 2.13. The van der Waals surface area contributed by atoms with Crippen LogP contribution in [-0.2, 0) is 0 Å². The topological polar surface area (TPSA) is 32.7 Å². The fourth-order valence-electron chi connectivity index (χ4n) is 3.63. The van der Waals surface area contributed by atoms with Gasteiger partial charge in [-0.1, -0.05) is 18.5 Å². The molecule has 3 nitrogen and oxygen atoms in total. The van der Waals surface area contributed by atoms with E-state index in [1.807, 2.05) is 12.1 Å². The van der Waals surface area contributed by atoms with Gasteiger partial charge in [0, 0.05) is 35.6 Å². The summed E-state index contributed by atoms with van der Waals surface area (Å²) in [6, 6.07) is 11.5. The van der Waals surface area contributed by atoms with Gasteiger partial charge in [-0.05, 0) is 75.1 Å². The molecule has 0 saturated carbocycles. The summed E-state index contributed by atoms with van der Waals surface area (Å²) in [6.45, 7) is 8.36. The zero-order chi connectivity index (χ0) is 19.1. The first kappa shape index (κ1) is 18.7. The first-order chi connectivity index (χ1) is 12.2. The van der Waals surface area contributed by atoms with Crippen LogP contribution < -0.4 is 4.90 Å². The molecule has 2 aromatic rings. The molecular weight excluding hydrogens is 344 g/mol. The van der Waals surface area contributed by atoms with Crippen LogP contribution in [-0.4, -0.2) is 24.6 Å². The summed E-state index contributed by atoms with van der Waals surface area (Å²) in [5.74, 6) is 0.523. The molecule has 0 bridgehead atoms. The van der Waals surface area contributed by atoms with E-state index in [2.05, 4.69) is 49.8 Å². The van der Waals surface area contributed by atoms with E-state index in [0.29, 0.717) is 16.5 Å². The van der Waals surface area contributed by atoms with Crippen molar-refractivity contribution in [1.82, 2.24) is 0 Å². The first-order valence-corrected chi connectivity index (χ1v) is 9.29. The van der Waals surface area contributed by atoms with Crippen molar-refractivity contribution in [2.24, 2.45) is 4.99 Å². The van der Waals surface area contributed by atoms with Crippen molar-refractivity contribution in [3.05, 3.63) is 58.1 Å². The number of fused-ring (bicyclic) bond motifs is 1. The van der Waals surface area contributed by atoms with Crippen LogP contribution in [0.5, 0.6) is 0 Å². The third kappa shape index (κ3) is 3.54. The van der Waals surface area contributed by atoms with Gasteiger partial charge in [0.25, 0.3) is 0 Å². The molecule has 26 heavy (non-hydrogen) atoms. The van der Waals surface area contributed by atoms with E-state index in [1.165, 1.54) is 11.3 Å². The second-order valence-electron chi connectivity index (χ2n) is 7.77. The van der Waals surface area contributed by atoms with Crippen LogP contribution >= 0.6 is 11.6 Å². The molecule has 2 aromatic carbocycles. The predicted octanol–water partition coefficient (Wildman–Crippen LogP) is 6.02. The van der Waals surface area contributed by atoms with Gasteiger partial charge in [-0.2, -0.15) is 0 Å². The smallest absolute Gasteiger partial charge is 0.159 e. The van der Waals surface area contributed by atoms with Gasteiger partial charge in [-0.25, -0.2) is 0 Å². The lowest BCUT2D eigenvalue weighted by Crippen LogP contribution is -2.45. The van der Waals surface area contributed by atoms with Gasteiger partial charge in [0.1, 0.15) is 0 Å². The molecule has 0 N–H and O–H groups in total. The van der Waals surface area contributed by atoms with E-state index >= 15 is 0 Å². The first-order valence-electron chi connectivity index (χ1n) is 8.91. The minimum Gasteiger partial charge on any atom is -0.369 e. The van der Waals surface area contributed by atoms with E-state index in [0.717, 1.165) is 17.7 Å². The second kappa shape index (κ2) is 6.88. The Morgan fingerprint density at radius 2 is 1.92 bits per heavy atom. The summed E-state index contributed by atoms with van der Waals surface area (Å²) >= 11 is 6.54. The van der Waals surface area contributed by atoms with Crippen molar-refractivity contribution in [2.45, 2.75) is 45.6 Å². The zero-order valence-corrected chi connectivity index (χ0v) is 16.8. The average molecular weight is 369 g/mol. The molecule has 0 amide bonds. The molecule has 0 spiro atoms. The monoisotopic (exact) mass is 368 g/mol. The maximum atomic E-state index is 11.4. The Hall–Kier alpha value is -2.13. The van der Waals surface area contributed by atoms with Gasteiger partial charge >= 0.3 is 0 Å². The lowest BCUT2D eigenvalue weighted by molar-refractivity contribution is 0.101. The molecule has 1 unspecified atom stereocenters. The van der Waals surface area contributed by atoms with Gasteiger partial charge in [0.05, 0.1) is 10.7 Å². The van der Waals surface area contributed by atoms with Crippen LogP contribution in [0.2, 0.25) is 5.02 Å². The van der Waals surface area contributed by atoms with E-state index in [1.54, 1.807) is 25.3 Å². The molecular formula is C22H25ClN2O. The van der Waals surface area contributed by atoms with Crippen LogP contribution in [0.4, 0.5) is 11.4 Å². The third-order valence-electron chi connectivity index (χ3n) is 5.38. The Kier molecular flexibility index (Phi) is 4.94. The van der Waals surface area contributed by atoms with Crippen molar-refractivity contribution in [1.29, 1.82) is 0 Å². The standard InChI is InChI=1S/C22H25ClN2O/c1-14-12-22(3,4)25(5)21-11-20(23)17(10-19(14)21)13-24-18-8-6-16(7-9-18)15(2)26/h6-11,13-14H,12H2,1-5H3. The zero-order valence-electron chi connectivity index (χ0n) is 16.0. The van der Waals surface area contributed by atoms with Crippen molar-refractivity contribution in [3.8, 4) is 0 Å². The fraction of sp³-hybridized carbons (Fsp3) is 0.364. The number of anilines is 1. The predicted molar refractivity (Wildman–Crippen MR) is 111 cm³/mol. The normalized spacial score (nSPS) is 18.8. The molecule has 0 aromatic heterocycles. The Labute approximate surface area is 160 Å². The molecule has 4 heteroatoms. The minimum atomic E-state index is 0.0549. The number of halogens is 1. The summed E-state index contributed by atoms with van der Waals surface area (Å²) in [6.07, 6.45) is 2.90. The van der Waals surface area contributed by atoms with Crippen molar-refractivity contribution in [2.75, 3.05) is 11.9 Å². The summed E-state index contributed by atoms with van der Waals surface area (Å²) < 4.78 is 0. The van der Waals surface area contributed by atoms with Crippen LogP contribution in [0.15, 0.2) is 41.4 Å². The highest BCUT2D eigenvalue weighted by molar-refractivity contribution is 6.33. The molecule has 0 aliphatic carbocycles. The number of hydrogen-bond donors (Lipinski definition) is 0. The van der Waals surface area contributed by atoms with Crippen LogP contribution in [0, 0.1) is 0 Å². The highest BCUT2D eigenvalue weighted by Crippen LogP contribution is 2.44. The number of carbonyl (C=O) groups is 1. The van der Waals surface area contributed by atoms with E-state index < -0.39 is 0 Å². The van der Waals surface area contributed by atoms with E-state index in [4.69, 9.17) is 11.6 Å². The molecule has 1 aliphatic heterocycles.